The van der Waals surface area contributed by atoms with Crippen molar-refractivity contribution in [2.75, 3.05) is 6.54 Å². The summed E-state index contributed by atoms with van der Waals surface area (Å²) in [6.07, 6.45) is 8.91. The van der Waals surface area contributed by atoms with Gasteiger partial charge in [-0.15, -0.1) is 0 Å². The smallest absolute Gasteiger partial charge is 0.00791 e. The fourth-order valence-electron chi connectivity index (χ4n) is 1.65. The lowest BCUT2D eigenvalue weighted by molar-refractivity contribution is 0.338. The Kier molecular flexibility index (Phi) is 1.94. The molecule has 1 N–H and O–H groups in total. The van der Waals surface area contributed by atoms with Gasteiger partial charge in [0, 0.05) is 6.04 Å². The van der Waals surface area contributed by atoms with E-state index in [1.54, 1.807) is 0 Å². The Morgan fingerprint density at radius 2 is 1.90 bits per heavy atom. The molecular formula is C9H17N. The van der Waals surface area contributed by atoms with Gasteiger partial charge in [-0.2, -0.15) is 0 Å². The van der Waals surface area contributed by atoms with Crippen LogP contribution in [0.2, 0.25) is 0 Å². The van der Waals surface area contributed by atoms with Gasteiger partial charge in [-0.05, 0) is 25.3 Å². The monoisotopic (exact) mass is 139 g/mol. The number of hydrogen-bond donors (Lipinski definition) is 1. The van der Waals surface area contributed by atoms with Crippen LogP contribution in [0.15, 0.2) is 0 Å². The molecule has 2 rings (SSSR count). The molecule has 0 unspecified atom stereocenters. The lowest BCUT2D eigenvalue weighted by Crippen LogP contribution is -2.42. The van der Waals surface area contributed by atoms with E-state index in [4.69, 9.17) is 0 Å². The summed E-state index contributed by atoms with van der Waals surface area (Å²) < 4.78 is 0. The maximum atomic E-state index is 3.44. The first-order valence-electron chi connectivity index (χ1n) is 4.68. The Bertz CT molecular complexity index is 103. The quantitative estimate of drug-likeness (QED) is 0.627. The van der Waals surface area contributed by atoms with Crippen LogP contribution in [0.25, 0.3) is 0 Å². The molecule has 1 saturated carbocycles. The molecule has 10 heavy (non-hydrogen) atoms. The van der Waals surface area contributed by atoms with E-state index in [9.17, 15) is 0 Å². The molecule has 2 aliphatic rings. The zero-order chi connectivity index (χ0) is 6.81. The molecule has 1 nitrogen and oxygen atoms in total. The fourth-order valence-corrected chi connectivity index (χ4v) is 1.65. The van der Waals surface area contributed by atoms with E-state index in [0.29, 0.717) is 0 Å². The summed E-state index contributed by atoms with van der Waals surface area (Å²) >= 11 is 0. The van der Waals surface area contributed by atoms with Crippen LogP contribution in [-0.4, -0.2) is 12.6 Å². The van der Waals surface area contributed by atoms with Gasteiger partial charge < -0.3 is 5.32 Å². The lowest BCUT2D eigenvalue weighted by Gasteiger charge is -2.27. The summed E-state index contributed by atoms with van der Waals surface area (Å²) in [5.41, 5.74) is 0. The maximum absolute atomic E-state index is 3.44. The van der Waals surface area contributed by atoms with Crippen molar-refractivity contribution < 1.29 is 0 Å². The molecule has 1 saturated heterocycles. The third kappa shape index (κ3) is 1.72. The van der Waals surface area contributed by atoms with Gasteiger partial charge in [-0.25, -0.2) is 0 Å². The van der Waals surface area contributed by atoms with Gasteiger partial charge >= 0.3 is 0 Å². The number of nitrogens with one attached hydrogen (secondary N) is 1. The Balaban J connectivity index is 1.46. The Morgan fingerprint density at radius 3 is 2.40 bits per heavy atom. The highest BCUT2D eigenvalue weighted by molar-refractivity contribution is 4.79. The van der Waals surface area contributed by atoms with Crippen LogP contribution < -0.4 is 5.32 Å². The van der Waals surface area contributed by atoms with E-state index in [-0.39, 0.29) is 0 Å². The highest BCUT2D eigenvalue weighted by Gasteiger charge is 2.22. The topological polar surface area (TPSA) is 12.0 Å². The van der Waals surface area contributed by atoms with Crippen molar-refractivity contribution >= 4 is 0 Å². The second-order valence-corrected chi connectivity index (χ2v) is 3.81. The minimum absolute atomic E-state index is 0.902. The van der Waals surface area contributed by atoms with Crippen LogP contribution in [-0.2, 0) is 0 Å². The fraction of sp³-hybridized carbons (Fsp3) is 1.00. The summed E-state index contributed by atoms with van der Waals surface area (Å²) in [6, 6.07) is 0.902. The predicted molar refractivity (Wildman–Crippen MR) is 43.0 cm³/mol. The van der Waals surface area contributed by atoms with Crippen LogP contribution >= 0.6 is 0 Å². The second-order valence-electron chi connectivity index (χ2n) is 3.81. The van der Waals surface area contributed by atoms with Gasteiger partial charge in [0.1, 0.15) is 0 Å². The molecule has 1 heteroatoms. The molecule has 0 bridgehead atoms. The molecule has 0 aromatic heterocycles. The Hall–Kier alpha value is -0.0400. The average molecular weight is 139 g/mol. The minimum Gasteiger partial charge on any atom is -0.314 e. The molecule has 1 aliphatic carbocycles. The minimum atomic E-state index is 0.902. The van der Waals surface area contributed by atoms with E-state index in [1.165, 1.54) is 45.1 Å². The third-order valence-electron chi connectivity index (χ3n) is 2.79. The normalized spacial score (nSPS) is 31.8. The first kappa shape index (κ1) is 6.66. The molecule has 0 spiro atoms. The van der Waals surface area contributed by atoms with Crippen LogP contribution in [0, 0.1) is 5.92 Å². The average Bonchev–Trinajstić information content (AvgIpc) is 2.58. The molecule has 0 aromatic rings. The van der Waals surface area contributed by atoms with E-state index >= 15 is 0 Å². The SMILES string of the molecule is C(CC1CC1)C[C@@H]1CCN1. The van der Waals surface area contributed by atoms with E-state index < -0.39 is 0 Å². The van der Waals surface area contributed by atoms with Gasteiger partial charge in [-0.1, -0.05) is 25.7 Å². The number of hydrogen-bond acceptors (Lipinski definition) is 1. The van der Waals surface area contributed by atoms with Gasteiger partial charge in [0.2, 0.25) is 0 Å². The van der Waals surface area contributed by atoms with Gasteiger partial charge in [0.25, 0.3) is 0 Å². The Labute approximate surface area is 63.2 Å². The van der Waals surface area contributed by atoms with Crippen molar-refractivity contribution in [3.05, 3.63) is 0 Å². The third-order valence-corrected chi connectivity index (χ3v) is 2.79. The number of rotatable bonds is 4. The van der Waals surface area contributed by atoms with Crippen molar-refractivity contribution in [2.45, 2.75) is 44.6 Å². The molecule has 58 valence electrons. The molecular weight excluding hydrogens is 122 g/mol. The van der Waals surface area contributed by atoms with Crippen LogP contribution in [0.5, 0.6) is 0 Å². The Morgan fingerprint density at radius 1 is 1.10 bits per heavy atom. The van der Waals surface area contributed by atoms with Gasteiger partial charge in [-0.3, -0.25) is 0 Å². The highest BCUT2D eigenvalue weighted by atomic mass is 15.0. The zero-order valence-electron chi connectivity index (χ0n) is 6.60. The van der Waals surface area contributed by atoms with Crippen LogP contribution in [0.3, 0.4) is 0 Å². The summed E-state index contributed by atoms with van der Waals surface area (Å²) in [5, 5.41) is 3.44. The van der Waals surface area contributed by atoms with Gasteiger partial charge in [0.05, 0.1) is 0 Å². The molecule has 2 fully saturated rings. The first-order chi connectivity index (χ1) is 4.95. The molecule has 0 radical (unpaired) electrons. The summed E-state index contributed by atoms with van der Waals surface area (Å²) in [6.45, 7) is 1.27. The standard InChI is InChI=1S/C9H17N/c1(2-8-4-5-8)3-9-6-7-10-9/h8-10H,1-7H2/t9-/m1/s1. The summed E-state index contributed by atoms with van der Waals surface area (Å²) in [5.74, 6) is 1.14. The van der Waals surface area contributed by atoms with Crippen molar-refractivity contribution in [3.63, 3.8) is 0 Å². The summed E-state index contributed by atoms with van der Waals surface area (Å²) in [7, 11) is 0. The van der Waals surface area contributed by atoms with E-state index in [1.807, 2.05) is 0 Å². The van der Waals surface area contributed by atoms with E-state index in [2.05, 4.69) is 5.32 Å². The van der Waals surface area contributed by atoms with Crippen LogP contribution in [0.4, 0.5) is 0 Å². The van der Waals surface area contributed by atoms with Crippen LogP contribution in [0.1, 0.15) is 38.5 Å². The van der Waals surface area contributed by atoms with Crippen molar-refractivity contribution in [3.8, 4) is 0 Å². The van der Waals surface area contributed by atoms with Crippen molar-refractivity contribution in [1.29, 1.82) is 0 Å². The largest absolute Gasteiger partial charge is 0.314 e. The van der Waals surface area contributed by atoms with Crippen molar-refractivity contribution in [2.24, 2.45) is 5.92 Å². The zero-order valence-corrected chi connectivity index (χ0v) is 6.60. The van der Waals surface area contributed by atoms with E-state index in [0.717, 1.165) is 12.0 Å². The van der Waals surface area contributed by atoms with Gasteiger partial charge in [0.15, 0.2) is 0 Å². The maximum Gasteiger partial charge on any atom is 0.00791 e. The molecule has 1 aliphatic heterocycles. The molecule has 0 aromatic carbocycles. The van der Waals surface area contributed by atoms with Crippen molar-refractivity contribution in [1.82, 2.24) is 5.32 Å². The molecule has 1 heterocycles. The first-order valence-corrected chi connectivity index (χ1v) is 4.68. The highest BCUT2D eigenvalue weighted by Crippen LogP contribution is 2.34. The molecule has 0 amide bonds. The predicted octanol–water partition coefficient (Wildman–Crippen LogP) is 1.93. The summed E-state index contributed by atoms with van der Waals surface area (Å²) in [4.78, 5) is 0. The molecule has 1 atom stereocenters. The lowest BCUT2D eigenvalue weighted by atomic mass is 10.00. The second kappa shape index (κ2) is 2.91.